The molecule has 21 heavy (non-hydrogen) atoms. The average molecular weight is 286 g/mol. The number of urea groups is 1. The standard InChI is InChI=1S/C14H18N6O/c21-14(18-13-2-1-5-15-8-13)19-6-3-12(4-7-19)9-20-11-16-10-17-20/h1-2,5,8,10-12H,3-4,6-7,9H2,(H,18,21). The van der Waals surface area contributed by atoms with Crippen LogP contribution in [-0.2, 0) is 6.54 Å². The summed E-state index contributed by atoms with van der Waals surface area (Å²) in [7, 11) is 0. The zero-order chi connectivity index (χ0) is 14.5. The van der Waals surface area contributed by atoms with Crippen molar-refractivity contribution in [3.05, 3.63) is 37.2 Å². The SMILES string of the molecule is O=C(Nc1cccnc1)N1CCC(Cn2cncn2)CC1. The lowest BCUT2D eigenvalue weighted by molar-refractivity contribution is 0.175. The number of rotatable bonds is 3. The van der Waals surface area contributed by atoms with Crippen molar-refractivity contribution in [1.29, 1.82) is 0 Å². The topological polar surface area (TPSA) is 75.9 Å². The Morgan fingerprint density at radius 1 is 1.33 bits per heavy atom. The van der Waals surface area contributed by atoms with Crippen LogP contribution in [0.1, 0.15) is 12.8 Å². The van der Waals surface area contributed by atoms with E-state index in [1.807, 2.05) is 15.6 Å². The molecule has 0 aromatic carbocycles. The van der Waals surface area contributed by atoms with Crippen molar-refractivity contribution in [2.24, 2.45) is 5.92 Å². The smallest absolute Gasteiger partial charge is 0.321 e. The maximum atomic E-state index is 12.2. The highest BCUT2D eigenvalue weighted by atomic mass is 16.2. The maximum Gasteiger partial charge on any atom is 0.321 e. The first-order valence-corrected chi connectivity index (χ1v) is 7.09. The Morgan fingerprint density at radius 2 is 2.19 bits per heavy atom. The first-order chi connectivity index (χ1) is 10.3. The van der Waals surface area contributed by atoms with Crippen molar-refractivity contribution in [1.82, 2.24) is 24.6 Å². The molecule has 0 spiro atoms. The van der Waals surface area contributed by atoms with Gasteiger partial charge in [0.25, 0.3) is 0 Å². The molecule has 0 atom stereocenters. The molecule has 2 amide bonds. The number of hydrogen-bond donors (Lipinski definition) is 1. The minimum absolute atomic E-state index is 0.0535. The first kappa shape index (κ1) is 13.5. The van der Waals surface area contributed by atoms with Gasteiger partial charge in [0, 0.05) is 25.8 Å². The van der Waals surface area contributed by atoms with Gasteiger partial charge in [-0.25, -0.2) is 9.78 Å². The molecule has 0 unspecified atom stereocenters. The Kier molecular flexibility index (Phi) is 4.09. The summed E-state index contributed by atoms with van der Waals surface area (Å²) in [5.74, 6) is 0.550. The van der Waals surface area contributed by atoms with Crippen molar-refractivity contribution in [2.75, 3.05) is 18.4 Å². The third kappa shape index (κ3) is 3.56. The number of carbonyl (C=O) groups excluding carboxylic acids is 1. The molecule has 0 bridgehead atoms. The van der Waals surface area contributed by atoms with E-state index >= 15 is 0 Å². The number of amides is 2. The fourth-order valence-electron chi connectivity index (χ4n) is 2.55. The molecule has 0 saturated carbocycles. The Balaban J connectivity index is 1.48. The molecule has 3 heterocycles. The summed E-state index contributed by atoms with van der Waals surface area (Å²) in [4.78, 5) is 21.9. The molecule has 2 aromatic rings. The van der Waals surface area contributed by atoms with Gasteiger partial charge in [-0.3, -0.25) is 9.67 Å². The van der Waals surface area contributed by atoms with Gasteiger partial charge in [0.15, 0.2) is 0 Å². The van der Waals surface area contributed by atoms with Gasteiger partial charge in [0.1, 0.15) is 12.7 Å². The Hall–Kier alpha value is -2.44. The lowest BCUT2D eigenvalue weighted by Crippen LogP contribution is -2.41. The number of carbonyl (C=O) groups is 1. The van der Waals surface area contributed by atoms with Gasteiger partial charge in [-0.2, -0.15) is 5.10 Å². The zero-order valence-electron chi connectivity index (χ0n) is 11.7. The Morgan fingerprint density at radius 3 is 2.86 bits per heavy atom. The van der Waals surface area contributed by atoms with Gasteiger partial charge in [0.05, 0.1) is 11.9 Å². The third-order valence-corrected chi connectivity index (χ3v) is 3.73. The summed E-state index contributed by atoms with van der Waals surface area (Å²) in [6.07, 6.45) is 8.60. The molecule has 1 N–H and O–H groups in total. The van der Waals surface area contributed by atoms with Crippen molar-refractivity contribution in [2.45, 2.75) is 19.4 Å². The molecule has 7 heteroatoms. The minimum Gasteiger partial charge on any atom is -0.325 e. The summed E-state index contributed by atoms with van der Waals surface area (Å²) in [5, 5.41) is 6.99. The lowest BCUT2D eigenvalue weighted by atomic mass is 9.97. The van der Waals surface area contributed by atoms with E-state index in [4.69, 9.17) is 0 Å². The molecule has 2 aromatic heterocycles. The predicted molar refractivity (Wildman–Crippen MR) is 77.6 cm³/mol. The summed E-state index contributed by atoms with van der Waals surface area (Å²) < 4.78 is 1.86. The molecule has 7 nitrogen and oxygen atoms in total. The number of pyridine rings is 1. The molecule has 1 aliphatic heterocycles. The molecule has 0 radical (unpaired) electrons. The Labute approximate surface area is 123 Å². The Bertz CT molecular complexity index is 562. The van der Waals surface area contributed by atoms with Crippen LogP contribution in [0.4, 0.5) is 10.5 Å². The van der Waals surface area contributed by atoms with Crippen molar-refractivity contribution < 1.29 is 4.79 Å². The van der Waals surface area contributed by atoms with Crippen molar-refractivity contribution in [3.8, 4) is 0 Å². The minimum atomic E-state index is -0.0535. The monoisotopic (exact) mass is 286 g/mol. The molecule has 0 aliphatic carbocycles. The van der Waals surface area contributed by atoms with Crippen molar-refractivity contribution >= 4 is 11.7 Å². The molecular weight excluding hydrogens is 268 g/mol. The maximum absolute atomic E-state index is 12.2. The summed E-state index contributed by atoms with van der Waals surface area (Å²) in [5.41, 5.74) is 0.729. The van der Waals surface area contributed by atoms with E-state index in [0.29, 0.717) is 5.92 Å². The predicted octanol–water partition coefficient (Wildman–Crippen LogP) is 1.62. The third-order valence-electron chi connectivity index (χ3n) is 3.73. The quantitative estimate of drug-likeness (QED) is 0.930. The van der Waals surface area contributed by atoms with Gasteiger partial charge >= 0.3 is 6.03 Å². The average Bonchev–Trinajstić information content (AvgIpc) is 3.02. The van der Waals surface area contributed by atoms with E-state index in [-0.39, 0.29) is 6.03 Å². The molecular formula is C14H18N6O. The van der Waals surface area contributed by atoms with Gasteiger partial charge in [0.2, 0.25) is 0 Å². The van der Waals surface area contributed by atoms with Gasteiger partial charge in [-0.1, -0.05) is 0 Å². The van der Waals surface area contributed by atoms with E-state index < -0.39 is 0 Å². The molecule has 1 saturated heterocycles. The number of aromatic nitrogens is 4. The number of piperidine rings is 1. The first-order valence-electron chi connectivity index (χ1n) is 7.09. The highest BCUT2D eigenvalue weighted by molar-refractivity contribution is 5.89. The highest BCUT2D eigenvalue weighted by Crippen LogP contribution is 2.19. The largest absolute Gasteiger partial charge is 0.325 e. The number of anilines is 1. The molecule has 1 aliphatic rings. The second kappa shape index (κ2) is 6.34. The van der Waals surface area contributed by atoms with Crippen LogP contribution in [0.5, 0.6) is 0 Å². The molecule has 1 fully saturated rings. The van der Waals surface area contributed by atoms with Gasteiger partial charge in [-0.15, -0.1) is 0 Å². The summed E-state index contributed by atoms with van der Waals surface area (Å²) >= 11 is 0. The van der Waals surface area contributed by atoms with Crippen LogP contribution in [0.2, 0.25) is 0 Å². The second-order valence-electron chi connectivity index (χ2n) is 5.22. The van der Waals surface area contributed by atoms with Crippen LogP contribution in [-0.4, -0.2) is 43.8 Å². The van der Waals surface area contributed by atoms with E-state index in [9.17, 15) is 4.79 Å². The van der Waals surface area contributed by atoms with E-state index in [2.05, 4.69) is 20.4 Å². The fourth-order valence-corrected chi connectivity index (χ4v) is 2.55. The number of hydrogen-bond acceptors (Lipinski definition) is 4. The molecule has 110 valence electrons. The molecule has 3 rings (SSSR count). The van der Waals surface area contributed by atoms with Gasteiger partial charge < -0.3 is 10.2 Å². The van der Waals surface area contributed by atoms with E-state index in [1.165, 1.54) is 0 Å². The number of nitrogens with one attached hydrogen (secondary N) is 1. The highest BCUT2D eigenvalue weighted by Gasteiger charge is 2.23. The van der Waals surface area contributed by atoms with Crippen LogP contribution < -0.4 is 5.32 Å². The fraction of sp³-hybridized carbons (Fsp3) is 0.429. The summed E-state index contributed by atoms with van der Waals surface area (Å²) in [6.45, 7) is 2.41. The number of likely N-dealkylation sites (tertiary alicyclic amines) is 1. The van der Waals surface area contributed by atoms with Crippen LogP contribution >= 0.6 is 0 Å². The van der Waals surface area contributed by atoms with E-state index in [0.717, 1.165) is 38.2 Å². The lowest BCUT2D eigenvalue weighted by Gasteiger charge is -2.31. The van der Waals surface area contributed by atoms with Crippen LogP contribution in [0.25, 0.3) is 0 Å². The van der Waals surface area contributed by atoms with Gasteiger partial charge in [-0.05, 0) is 30.9 Å². The normalized spacial score (nSPS) is 15.9. The second-order valence-corrected chi connectivity index (χ2v) is 5.22. The van der Waals surface area contributed by atoms with Crippen molar-refractivity contribution in [3.63, 3.8) is 0 Å². The van der Waals surface area contributed by atoms with Crippen LogP contribution in [0.15, 0.2) is 37.2 Å². The van der Waals surface area contributed by atoms with E-state index in [1.54, 1.807) is 31.1 Å². The summed E-state index contributed by atoms with van der Waals surface area (Å²) in [6, 6.07) is 3.59. The zero-order valence-corrected chi connectivity index (χ0v) is 11.7. The van der Waals surface area contributed by atoms with Crippen LogP contribution in [0.3, 0.4) is 0 Å². The number of nitrogens with zero attached hydrogens (tertiary/aromatic N) is 5. The van der Waals surface area contributed by atoms with Crippen LogP contribution in [0, 0.1) is 5.92 Å².